The number of rotatable bonds is 1. The molecule has 12 heavy (non-hydrogen) atoms. The van der Waals surface area contributed by atoms with Crippen molar-refractivity contribution >= 4 is 24.0 Å². The van der Waals surface area contributed by atoms with E-state index in [1.807, 2.05) is 12.3 Å². The maximum absolute atomic E-state index is 5.16. The number of hydrogen-bond acceptors (Lipinski definition) is 6. The van der Waals surface area contributed by atoms with Crippen molar-refractivity contribution in [2.24, 2.45) is 5.84 Å². The Kier molecular flexibility index (Phi) is 1.84. The first-order valence-electron chi connectivity index (χ1n) is 3.33. The van der Waals surface area contributed by atoms with E-state index in [2.05, 4.69) is 20.1 Å². The first-order chi connectivity index (χ1) is 5.90. The van der Waals surface area contributed by atoms with Crippen LogP contribution in [0.3, 0.4) is 0 Å². The van der Waals surface area contributed by atoms with Gasteiger partial charge in [0.1, 0.15) is 0 Å². The van der Waals surface area contributed by atoms with Crippen molar-refractivity contribution in [3.63, 3.8) is 0 Å². The minimum Gasteiger partial charge on any atom is -0.332 e. The molecule has 0 bridgehead atoms. The average Bonchev–Trinajstić information content (AvgIpc) is 2.17. The van der Waals surface area contributed by atoms with Crippen molar-refractivity contribution < 1.29 is 0 Å². The first-order valence-corrected chi connectivity index (χ1v) is 4.14. The van der Waals surface area contributed by atoms with Gasteiger partial charge >= 0.3 is 0 Å². The molecular formula is C6H7N5S. The zero-order valence-electron chi connectivity index (χ0n) is 6.11. The Hall–Kier alpha value is -1.27. The summed E-state index contributed by atoms with van der Waals surface area (Å²) in [5.74, 6) is 5.59. The molecule has 0 saturated carbocycles. The van der Waals surface area contributed by atoms with Crippen LogP contribution >= 0.6 is 11.9 Å². The third-order valence-corrected chi connectivity index (χ3v) is 2.18. The molecule has 4 N–H and O–H groups in total. The van der Waals surface area contributed by atoms with E-state index in [0.717, 1.165) is 10.6 Å². The number of nitrogens with two attached hydrogens (primary N) is 1. The Balaban J connectivity index is 2.44. The van der Waals surface area contributed by atoms with Crippen LogP contribution in [-0.4, -0.2) is 9.97 Å². The van der Waals surface area contributed by atoms with Crippen LogP contribution in [-0.2, 0) is 0 Å². The van der Waals surface area contributed by atoms with Crippen LogP contribution in [0.2, 0.25) is 0 Å². The fourth-order valence-corrected chi connectivity index (χ4v) is 1.45. The Morgan fingerprint density at radius 1 is 1.58 bits per heavy atom. The topological polar surface area (TPSA) is 75.9 Å². The summed E-state index contributed by atoms with van der Waals surface area (Å²) >= 11 is 1.48. The van der Waals surface area contributed by atoms with Crippen molar-refractivity contribution in [2.75, 3.05) is 5.43 Å². The van der Waals surface area contributed by atoms with Crippen LogP contribution in [0.1, 0.15) is 5.69 Å². The van der Waals surface area contributed by atoms with Gasteiger partial charge in [-0.1, -0.05) is 0 Å². The van der Waals surface area contributed by atoms with Crippen molar-refractivity contribution in [3.05, 3.63) is 18.1 Å². The van der Waals surface area contributed by atoms with E-state index in [0.29, 0.717) is 5.95 Å². The summed E-state index contributed by atoms with van der Waals surface area (Å²) in [7, 11) is 0. The largest absolute Gasteiger partial charge is 0.332 e. The standard InChI is InChI=1S/C6H7N5S/c7-11-6-8-3-5-4(10-6)1-2-9-12-5/h1-3,9H,7H2,(H,8,10,11). The van der Waals surface area contributed by atoms with Gasteiger partial charge in [-0.3, -0.25) is 5.43 Å². The smallest absolute Gasteiger partial charge is 0.237 e. The molecule has 0 fully saturated rings. The van der Waals surface area contributed by atoms with Gasteiger partial charge in [0.25, 0.3) is 0 Å². The van der Waals surface area contributed by atoms with E-state index in [9.17, 15) is 0 Å². The van der Waals surface area contributed by atoms with Gasteiger partial charge in [0.15, 0.2) is 0 Å². The van der Waals surface area contributed by atoms with Gasteiger partial charge in [-0.25, -0.2) is 15.8 Å². The molecular weight excluding hydrogens is 174 g/mol. The number of nitrogens with zero attached hydrogens (tertiary/aromatic N) is 2. The first kappa shape index (κ1) is 7.38. The van der Waals surface area contributed by atoms with E-state index in [4.69, 9.17) is 5.84 Å². The molecule has 0 spiro atoms. The van der Waals surface area contributed by atoms with Crippen molar-refractivity contribution in [3.8, 4) is 0 Å². The molecule has 0 saturated heterocycles. The molecule has 0 atom stereocenters. The number of nitrogens with one attached hydrogen (secondary N) is 2. The van der Waals surface area contributed by atoms with Crippen molar-refractivity contribution in [2.45, 2.75) is 4.90 Å². The number of anilines is 1. The molecule has 1 aromatic rings. The summed E-state index contributed by atoms with van der Waals surface area (Å²) < 4.78 is 2.98. The lowest BCUT2D eigenvalue weighted by atomic mass is 10.4. The molecule has 6 heteroatoms. The van der Waals surface area contributed by atoms with Crippen LogP contribution in [0.5, 0.6) is 0 Å². The van der Waals surface area contributed by atoms with E-state index in [-0.39, 0.29) is 0 Å². The second kappa shape index (κ2) is 3.00. The molecule has 0 aromatic carbocycles. The second-order valence-electron chi connectivity index (χ2n) is 2.14. The zero-order valence-corrected chi connectivity index (χ0v) is 6.93. The van der Waals surface area contributed by atoms with Gasteiger partial charge < -0.3 is 4.72 Å². The highest BCUT2D eigenvalue weighted by atomic mass is 32.2. The fraction of sp³-hybridized carbons (Fsp3) is 0. The number of hydrogen-bond donors (Lipinski definition) is 3. The Labute approximate surface area is 73.6 Å². The number of nitrogen functional groups attached to an aromatic ring is 1. The maximum Gasteiger partial charge on any atom is 0.237 e. The monoisotopic (exact) mass is 181 g/mol. The van der Waals surface area contributed by atoms with E-state index in [1.165, 1.54) is 11.9 Å². The van der Waals surface area contributed by atoms with E-state index in [1.54, 1.807) is 6.20 Å². The molecule has 0 amide bonds. The van der Waals surface area contributed by atoms with Gasteiger partial charge in [0, 0.05) is 12.4 Å². The van der Waals surface area contributed by atoms with E-state index < -0.39 is 0 Å². The van der Waals surface area contributed by atoms with Crippen molar-refractivity contribution in [1.29, 1.82) is 0 Å². The molecule has 1 aromatic heterocycles. The van der Waals surface area contributed by atoms with E-state index >= 15 is 0 Å². The Morgan fingerprint density at radius 3 is 3.33 bits per heavy atom. The lowest BCUT2D eigenvalue weighted by Crippen LogP contribution is -2.12. The average molecular weight is 181 g/mol. The second-order valence-corrected chi connectivity index (χ2v) is 3.02. The van der Waals surface area contributed by atoms with Gasteiger partial charge in [-0.2, -0.15) is 0 Å². The Bertz CT molecular complexity index is 324. The molecule has 2 heterocycles. The highest BCUT2D eigenvalue weighted by Crippen LogP contribution is 2.22. The maximum atomic E-state index is 5.16. The number of hydrazine groups is 1. The summed E-state index contributed by atoms with van der Waals surface area (Å²) in [5.41, 5.74) is 3.27. The lowest BCUT2D eigenvalue weighted by Gasteiger charge is -2.09. The summed E-state index contributed by atoms with van der Waals surface area (Å²) in [5, 5.41) is 0. The summed E-state index contributed by atoms with van der Waals surface area (Å²) in [6.45, 7) is 0. The highest BCUT2D eigenvalue weighted by molar-refractivity contribution is 7.97. The predicted octanol–water partition coefficient (Wildman–Crippen LogP) is 0.343. The third-order valence-electron chi connectivity index (χ3n) is 1.39. The van der Waals surface area contributed by atoms with Crippen molar-refractivity contribution in [1.82, 2.24) is 14.7 Å². The number of fused-ring (bicyclic) bond motifs is 1. The lowest BCUT2D eigenvalue weighted by molar-refractivity contribution is 1.05. The molecule has 62 valence electrons. The summed E-state index contributed by atoms with van der Waals surface area (Å²) in [4.78, 5) is 9.10. The summed E-state index contributed by atoms with van der Waals surface area (Å²) in [6.07, 6.45) is 5.41. The third kappa shape index (κ3) is 1.21. The molecule has 1 aliphatic heterocycles. The highest BCUT2D eigenvalue weighted by Gasteiger charge is 2.07. The normalized spacial score (nSPS) is 13.4. The SMILES string of the molecule is NNc1ncc2c(n1)C=CNS2. The Morgan fingerprint density at radius 2 is 2.50 bits per heavy atom. The molecule has 1 aliphatic rings. The molecule has 0 unspecified atom stereocenters. The minimum absolute atomic E-state index is 0.431. The summed E-state index contributed by atoms with van der Waals surface area (Å²) in [6, 6.07) is 0. The van der Waals surface area contributed by atoms with Crippen LogP contribution in [0.15, 0.2) is 17.3 Å². The molecule has 0 radical (unpaired) electrons. The minimum atomic E-state index is 0.431. The predicted molar refractivity (Wildman–Crippen MR) is 47.9 cm³/mol. The fourth-order valence-electron chi connectivity index (χ4n) is 0.862. The van der Waals surface area contributed by atoms with Crippen LogP contribution in [0, 0.1) is 0 Å². The molecule has 0 aliphatic carbocycles. The van der Waals surface area contributed by atoms with Crippen LogP contribution in [0.4, 0.5) is 5.95 Å². The van der Waals surface area contributed by atoms with Crippen LogP contribution in [0.25, 0.3) is 6.08 Å². The number of aromatic nitrogens is 2. The van der Waals surface area contributed by atoms with Gasteiger partial charge in [-0.05, 0) is 18.0 Å². The van der Waals surface area contributed by atoms with Gasteiger partial charge in [0.05, 0.1) is 10.6 Å². The molecule has 2 rings (SSSR count). The van der Waals surface area contributed by atoms with Crippen LogP contribution < -0.4 is 16.0 Å². The quantitative estimate of drug-likeness (QED) is 0.329. The zero-order chi connectivity index (χ0) is 8.39. The van der Waals surface area contributed by atoms with Gasteiger partial charge in [0.2, 0.25) is 5.95 Å². The molecule has 5 nitrogen and oxygen atoms in total. The van der Waals surface area contributed by atoms with Gasteiger partial charge in [-0.15, -0.1) is 0 Å².